The number of ether oxygens (including phenoxy) is 1. The first-order valence-corrected chi connectivity index (χ1v) is 10.3. The average molecular weight is 491 g/mol. The van der Waals surface area contributed by atoms with E-state index in [0.717, 1.165) is 5.69 Å². The Balaban J connectivity index is 1.75. The van der Waals surface area contributed by atoms with Crippen LogP contribution in [0.25, 0.3) is 21.6 Å². The molecule has 0 saturated carbocycles. The fraction of sp³-hybridized carbons (Fsp3) is 0.105. The largest absolute Gasteiger partial charge is 0.496 e. The van der Waals surface area contributed by atoms with Crippen LogP contribution in [0.15, 0.2) is 41.3 Å². The van der Waals surface area contributed by atoms with Crippen molar-refractivity contribution in [3.8, 4) is 16.9 Å². The monoisotopic (exact) mass is 489 g/mol. The fourth-order valence-corrected chi connectivity index (χ4v) is 4.14. The Hall–Kier alpha value is -2.62. The van der Waals surface area contributed by atoms with Crippen molar-refractivity contribution in [2.45, 2.75) is 6.92 Å². The number of amides is 1. The van der Waals surface area contributed by atoms with Crippen molar-refractivity contribution < 1.29 is 9.53 Å². The number of rotatable bonds is 4. The second-order valence-electron chi connectivity index (χ2n) is 6.01. The van der Waals surface area contributed by atoms with E-state index in [1.54, 1.807) is 31.5 Å². The van der Waals surface area contributed by atoms with Crippen LogP contribution in [0.2, 0.25) is 5.02 Å². The van der Waals surface area contributed by atoms with Crippen molar-refractivity contribution in [2.75, 3.05) is 12.4 Å². The van der Waals surface area contributed by atoms with E-state index >= 15 is 0 Å². The zero-order valence-electron chi connectivity index (χ0n) is 15.2. The first-order chi connectivity index (χ1) is 13.9. The molecule has 0 unspecified atom stereocenters. The molecule has 29 heavy (non-hydrogen) atoms. The van der Waals surface area contributed by atoms with Crippen molar-refractivity contribution in [3.05, 3.63) is 57.5 Å². The van der Waals surface area contributed by atoms with E-state index in [1.807, 2.05) is 13.0 Å². The van der Waals surface area contributed by atoms with Crippen LogP contribution in [0.4, 0.5) is 5.13 Å². The standard InChI is InChI=1S/C19H13BrClN5O2S/c1-9-5-11(12-6-10(21)3-4-14(12)28-2)13(7-22-9)17(27)26-19-25-16-18(29-19)24-15(20)8-23-16/h3-8H,1-2H3,(H,23,25,26,27). The predicted molar refractivity (Wildman–Crippen MR) is 117 cm³/mol. The smallest absolute Gasteiger partial charge is 0.259 e. The van der Waals surface area contributed by atoms with Crippen molar-refractivity contribution in [1.29, 1.82) is 0 Å². The third-order valence-electron chi connectivity index (χ3n) is 4.05. The van der Waals surface area contributed by atoms with Crippen LogP contribution in [0.3, 0.4) is 0 Å². The minimum Gasteiger partial charge on any atom is -0.496 e. The van der Waals surface area contributed by atoms with Crippen molar-refractivity contribution >= 4 is 60.4 Å². The van der Waals surface area contributed by atoms with Crippen LogP contribution < -0.4 is 10.1 Å². The molecule has 4 aromatic rings. The summed E-state index contributed by atoms with van der Waals surface area (Å²) in [6, 6.07) is 7.07. The minimum absolute atomic E-state index is 0.354. The summed E-state index contributed by atoms with van der Waals surface area (Å²) in [5.74, 6) is 0.250. The van der Waals surface area contributed by atoms with Gasteiger partial charge in [0.25, 0.3) is 5.91 Å². The van der Waals surface area contributed by atoms with Gasteiger partial charge in [0.05, 0.1) is 18.9 Å². The molecule has 0 radical (unpaired) electrons. The van der Waals surface area contributed by atoms with E-state index in [4.69, 9.17) is 16.3 Å². The maximum absolute atomic E-state index is 13.0. The van der Waals surface area contributed by atoms with E-state index < -0.39 is 0 Å². The van der Waals surface area contributed by atoms with E-state index in [-0.39, 0.29) is 5.91 Å². The lowest BCUT2D eigenvalue weighted by molar-refractivity contribution is 0.102. The van der Waals surface area contributed by atoms with E-state index in [9.17, 15) is 4.79 Å². The molecular formula is C19H13BrClN5O2S. The quantitative estimate of drug-likeness (QED) is 0.426. The second kappa shape index (κ2) is 8.02. The van der Waals surface area contributed by atoms with Gasteiger partial charge >= 0.3 is 0 Å². The number of nitrogens with zero attached hydrogens (tertiary/aromatic N) is 4. The van der Waals surface area contributed by atoms with Crippen LogP contribution in [0.1, 0.15) is 16.1 Å². The third-order valence-corrected chi connectivity index (χ3v) is 5.52. The molecule has 0 aliphatic heterocycles. The zero-order chi connectivity index (χ0) is 20.5. The Bertz CT molecular complexity index is 1250. The Morgan fingerprint density at radius 3 is 2.79 bits per heavy atom. The normalized spacial score (nSPS) is 10.9. The molecule has 0 saturated heterocycles. The van der Waals surface area contributed by atoms with E-state index in [2.05, 4.69) is 41.2 Å². The summed E-state index contributed by atoms with van der Waals surface area (Å²) in [6.45, 7) is 1.85. The van der Waals surface area contributed by atoms with Gasteiger partial charge in [0, 0.05) is 28.0 Å². The van der Waals surface area contributed by atoms with Gasteiger partial charge in [-0.25, -0.2) is 9.97 Å². The van der Waals surface area contributed by atoms with E-state index in [1.165, 1.54) is 17.5 Å². The van der Waals surface area contributed by atoms with Crippen LogP contribution in [0.5, 0.6) is 5.75 Å². The Morgan fingerprint density at radius 1 is 1.17 bits per heavy atom. The number of pyridine rings is 1. The Kier molecular flexibility index (Phi) is 5.44. The highest BCUT2D eigenvalue weighted by Crippen LogP contribution is 2.35. The SMILES string of the molecule is COc1ccc(Cl)cc1-c1cc(C)ncc1C(=O)Nc1nc2ncc(Br)nc2s1. The third kappa shape index (κ3) is 4.07. The highest BCUT2D eigenvalue weighted by atomic mass is 79.9. The zero-order valence-corrected chi connectivity index (χ0v) is 18.4. The molecule has 0 fully saturated rings. The summed E-state index contributed by atoms with van der Waals surface area (Å²) in [5, 5.41) is 3.74. The van der Waals surface area contributed by atoms with Crippen LogP contribution >= 0.6 is 38.9 Å². The number of fused-ring (bicyclic) bond motifs is 1. The lowest BCUT2D eigenvalue weighted by atomic mass is 9.99. The molecule has 3 aromatic heterocycles. The number of methoxy groups -OCH3 is 1. The fourth-order valence-electron chi connectivity index (χ4n) is 2.77. The van der Waals surface area contributed by atoms with Gasteiger partial charge in [-0.3, -0.25) is 15.1 Å². The highest BCUT2D eigenvalue weighted by Gasteiger charge is 2.19. The molecule has 10 heteroatoms. The van der Waals surface area contributed by atoms with Gasteiger partial charge in [-0.2, -0.15) is 4.98 Å². The van der Waals surface area contributed by atoms with Crippen molar-refractivity contribution in [2.24, 2.45) is 0 Å². The molecule has 1 N–H and O–H groups in total. The lowest BCUT2D eigenvalue weighted by Gasteiger charge is -2.13. The van der Waals surface area contributed by atoms with Gasteiger partial charge in [-0.05, 0) is 47.1 Å². The molecule has 1 aromatic carbocycles. The van der Waals surface area contributed by atoms with E-state index in [0.29, 0.717) is 47.7 Å². The van der Waals surface area contributed by atoms with Crippen LogP contribution in [-0.4, -0.2) is 33.0 Å². The highest BCUT2D eigenvalue weighted by molar-refractivity contribution is 9.10. The van der Waals surface area contributed by atoms with Gasteiger partial charge in [0.1, 0.15) is 10.4 Å². The first kappa shape index (κ1) is 19.7. The number of benzene rings is 1. The maximum atomic E-state index is 13.0. The molecule has 4 rings (SSSR count). The molecule has 0 aliphatic rings. The summed E-state index contributed by atoms with van der Waals surface area (Å²) in [7, 11) is 1.57. The molecule has 7 nitrogen and oxygen atoms in total. The number of aromatic nitrogens is 4. The van der Waals surface area contributed by atoms with Crippen LogP contribution in [0, 0.1) is 6.92 Å². The number of thiazole rings is 1. The molecule has 0 aliphatic carbocycles. The average Bonchev–Trinajstić information content (AvgIpc) is 3.09. The number of aryl methyl sites for hydroxylation is 1. The predicted octanol–water partition coefficient (Wildman–Crippen LogP) is 5.13. The van der Waals surface area contributed by atoms with Gasteiger partial charge in [0.2, 0.25) is 0 Å². The summed E-state index contributed by atoms with van der Waals surface area (Å²) in [6.07, 6.45) is 3.09. The second-order valence-corrected chi connectivity index (χ2v) is 8.24. The number of hydrogen-bond acceptors (Lipinski definition) is 7. The Labute approximate surface area is 183 Å². The van der Waals surface area contributed by atoms with Crippen molar-refractivity contribution in [1.82, 2.24) is 19.9 Å². The van der Waals surface area contributed by atoms with Gasteiger partial charge in [-0.1, -0.05) is 22.9 Å². The topological polar surface area (TPSA) is 89.9 Å². The molecule has 0 bridgehead atoms. The number of nitrogens with one attached hydrogen (secondary N) is 1. The number of carbonyl (C=O) groups is 1. The molecular weight excluding hydrogens is 478 g/mol. The summed E-state index contributed by atoms with van der Waals surface area (Å²) in [4.78, 5) is 30.7. The summed E-state index contributed by atoms with van der Waals surface area (Å²) in [5.41, 5.74) is 2.96. The van der Waals surface area contributed by atoms with Gasteiger partial charge in [0.15, 0.2) is 15.6 Å². The van der Waals surface area contributed by atoms with Gasteiger partial charge in [-0.15, -0.1) is 0 Å². The number of halogens is 2. The number of hydrogen-bond donors (Lipinski definition) is 1. The van der Waals surface area contributed by atoms with Crippen LogP contribution in [-0.2, 0) is 0 Å². The van der Waals surface area contributed by atoms with Gasteiger partial charge < -0.3 is 4.74 Å². The maximum Gasteiger partial charge on any atom is 0.259 e. The van der Waals surface area contributed by atoms with Crippen molar-refractivity contribution in [3.63, 3.8) is 0 Å². The first-order valence-electron chi connectivity index (χ1n) is 8.35. The summed E-state index contributed by atoms with van der Waals surface area (Å²) < 4.78 is 6.06. The summed E-state index contributed by atoms with van der Waals surface area (Å²) >= 11 is 10.7. The molecule has 0 atom stereocenters. The lowest BCUT2D eigenvalue weighted by Crippen LogP contribution is -2.14. The molecule has 1 amide bonds. The number of carbonyl (C=O) groups excluding carboxylic acids is 1. The minimum atomic E-state index is -0.354. The molecule has 3 heterocycles. The number of anilines is 1. The Morgan fingerprint density at radius 2 is 2.00 bits per heavy atom. The molecule has 146 valence electrons. The molecule has 0 spiro atoms.